The first-order valence-electron chi connectivity index (χ1n) is 6.02. The topological polar surface area (TPSA) is 65.2 Å². The van der Waals surface area contributed by atoms with E-state index in [9.17, 15) is 4.79 Å². The van der Waals surface area contributed by atoms with E-state index in [0.717, 1.165) is 17.8 Å². The quantitative estimate of drug-likeness (QED) is 0.601. The minimum absolute atomic E-state index is 0.265. The molecule has 0 saturated carbocycles. The van der Waals surface area contributed by atoms with E-state index >= 15 is 0 Å². The lowest BCUT2D eigenvalue weighted by molar-refractivity contribution is 0.0596. The summed E-state index contributed by atoms with van der Waals surface area (Å²) in [7, 11) is 1.34. The zero-order valence-corrected chi connectivity index (χ0v) is 11.3. The summed E-state index contributed by atoms with van der Waals surface area (Å²) in [5.41, 5.74) is 5.99. The van der Waals surface area contributed by atoms with E-state index in [0.29, 0.717) is 5.00 Å². The number of unbranched alkanes of at least 4 members (excludes halogenated alkanes) is 4. The van der Waals surface area contributed by atoms with Crippen molar-refractivity contribution in [3.8, 4) is 0 Å². The lowest BCUT2D eigenvalue weighted by atomic mass is 10.1. The Kier molecular flexibility index (Phi) is 5.97. The molecule has 0 amide bonds. The van der Waals surface area contributed by atoms with Crippen molar-refractivity contribution in [2.75, 3.05) is 12.8 Å². The van der Waals surface area contributed by atoms with Gasteiger partial charge in [-0.25, -0.2) is 9.78 Å². The molecule has 0 bridgehead atoms. The number of ether oxygens (including phenoxy) is 1. The molecular formula is C12H20N2O2S. The minimum Gasteiger partial charge on any atom is -0.464 e. The second kappa shape index (κ2) is 7.27. The van der Waals surface area contributed by atoms with Gasteiger partial charge in [0, 0.05) is 0 Å². The first-order valence-corrected chi connectivity index (χ1v) is 6.84. The third kappa shape index (κ3) is 4.34. The number of aromatic nitrogens is 1. The van der Waals surface area contributed by atoms with E-state index < -0.39 is 5.97 Å². The molecule has 0 spiro atoms. The van der Waals surface area contributed by atoms with E-state index in [1.165, 1.54) is 44.1 Å². The molecule has 1 aromatic heterocycles. The predicted molar refractivity (Wildman–Crippen MR) is 70.3 cm³/mol. The molecule has 0 radical (unpaired) electrons. The predicted octanol–water partition coefficient (Wildman–Crippen LogP) is 3.02. The van der Waals surface area contributed by atoms with Crippen molar-refractivity contribution in [2.24, 2.45) is 0 Å². The number of thiazole rings is 1. The molecule has 0 aliphatic rings. The summed E-state index contributed by atoms with van der Waals surface area (Å²) >= 11 is 1.39. The summed E-state index contributed by atoms with van der Waals surface area (Å²) in [4.78, 5) is 15.5. The second-order valence-electron chi connectivity index (χ2n) is 3.98. The summed E-state index contributed by atoms with van der Waals surface area (Å²) in [6.07, 6.45) is 7.01. The Morgan fingerprint density at radius 1 is 1.35 bits per heavy atom. The first kappa shape index (κ1) is 14.0. The van der Waals surface area contributed by atoms with Gasteiger partial charge in [-0.3, -0.25) is 0 Å². The Morgan fingerprint density at radius 2 is 2.06 bits per heavy atom. The van der Waals surface area contributed by atoms with Crippen LogP contribution in [0.1, 0.15) is 54.5 Å². The Morgan fingerprint density at radius 3 is 2.71 bits per heavy atom. The van der Waals surface area contributed by atoms with Crippen LogP contribution in [0.4, 0.5) is 5.00 Å². The molecule has 0 saturated heterocycles. The zero-order valence-electron chi connectivity index (χ0n) is 10.5. The van der Waals surface area contributed by atoms with Gasteiger partial charge in [0.1, 0.15) is 5.00 Å². The van der Waals surface area contributed by atoms with E-state index in [1.54, 1.807) is 0 Å². The van der Waals surface area contributed by atoms with Crippen molar-refractivity contribution in [3.63, 3.8) is 0 Å². The maximum Gasteiger partial charge on any atom is 0.359 e. The van der Waals surface area contributed by atoms with Gasteiger partial charge in [0.05, 0.1) is 12.1 Å². The SMILES string of the molecule is CCCCCCCc1nc(C(=O)OC)c(N)s1. The van der Waals surface area contributed by atoms with Gasteiger partial charge in [0.15, 0.2) is 5.69 Å². The fraction of sp³-hybridized carbons (Fsp3) is 0.667. The number of aryl methyl sites for hydroxylation is 1. The average molecular weight is 256 g/mol. The number of nitrogen functional groups attached to an aromatic ring is 1. The standard InChI is InChI=1S/C12H20N2O2S/c1-3-4-5-6-7-8-9-14-10(11(13)17-9)12(15)16-2/h3-8,13H2,1-2H3. The second-order valence-corrected chi connectivity index (χ2v) is 5.09. The van der Waals surface area contributed by atoms with Gasteiger partial charge in [0.25, 0.3) is 0 Å². The number of rotatable bonds is 7. The van der Waals surface area contributed by atoms with Crippen LogP contribution in [0, 0.1) is 0 Å². The maximum absolute atomic E-state index is 11.3. The van der Waals surface area contributed by atoms with Crippen LogP contribution >= 0.6 is 11.3 Å². The Bertz CT molecular complexity index is 363. The fourth-order valence-electron chi connectivity index (χ4n) is 1.61. The largest absolute Gasteiger partial charge is 0.464 e. The Hall–Kier alpha value is -1.10. The van der Waals surface area contributed by atoms with Crippen LogP contribution in [0.2, 0.25) is 0 Å². The summed E-state index contributed by atoms with van der Waals surface area (Å²) in [6.45, 7) is 2.20. The lowest BCUT2D eigenvalue weighted by Gasteiger charge is -1.97. The number of hydrogen-bond donors (Lipinski definition) is 1. The summed E-state index contributed by atoms with van der Waals surface area (Å²) < 4.78 is 4.61. The third-order valence-electron chi connectivity index (χ3n) is 2.57. The number of nitrogens with zero attached hydrogens (tertiary/aromatic N) is 1. The molecule has 2 N–H and O–H groups in total. The summed E-state index contributed by atoms with van der Waals surface area (Å²) in [5.74, 6) is -0.448. The number of anilines is 1. The molecule has 96 valence electrons. The molecule has 17 heavy (non-hydrogen) atoms. The van der Waals surface area contributed by atoms with Crippen LogP contribution in [0.25, 0.3) is 0 Å². The smallest absolute Gasteiger partial charge is 0.359 e. The third-order valence-corrected chi connectivity index (χ3v) is 3.51. The molecule has 4 nitrogen and oxygen atoms in total. The first-order chi connectivity index (χ1) is 8.19. The van der Waals surface area contributed by atoms with Gasteiger partial charge >= 0.3 is 5.97 Å². The highest BCUT2D eigenvalue weighted by atomic mass is 32.1. The van der Waals surface area contributed by atoms with E-state index in [1.807, 2.05) is 0 Å². The molecule has 0 unspecified atom stereocenters. The zero-order chi connectivity index (χ0) is 12.7. The van der Waals surface area contributed by atoms with Crippen LogP contribution in [0.15, 0.2) is 0 Å². The number of esters is 1. The highest BCUT2D eigenvalue weighted by molar-refractivity contribution is 7.15. The number of hydrogen-bond acceptors (Lipinski definition) is 5. The average Bonchev–Trinajstić information content (AvgIpc) is 2.69. The minimum atomic E-state index is -0.448. The summed E-state index contributed by atoms with van der Waals surface area (Å²) in [5, 5.41) is 1.39. The van der Waals surface area contributed by atoms with Crippen molar-refractivity contribution in [1.29, 1.82) is 0 Å². The van der Waals surface area contributed by atoms with Crippen molar-refractivity contribution in [1.82, 2.24) is 4.98 Å². The summed E-state index contributed by atoms with van der Waals surface area (Å²) in [6, 6.07) is 0. The van der Waals surface area contributed by atoms with Gasteiger partial charge in [-0.15, -0.1) is 11.3 Å². The molecule has 1 rings (SSSR count). The normalized spacial score (nSPS) is 10.5. The highest BCUT2D eigenvalue weighted by Crippen LogP contribution is 2.23. The van der Waals surface area contributed by atoms with Gasteiger partial charge in [-0.05, 0) is 12.8 Å². The molecule has 1 heterocycles. The monoisotopic (exact) mass is 256 g/mol. The van der Waals surface area contributed by atoms with Crippen molar-refractivity contribution < 1.29 is 9.53 Å². The van der Waals surface area contributed by atoms with Crippen LogP contribution in [-0.2, 0) is 11.2 Å². The number of methoxy groups -OCH3 is 1. The molecular weight excluding hydrogens is 236 g/mol. The van der Waals surface area contributed by atoms with Gasteiger partial charge in [-0.2, -0.15) is 0 Å². The fourth-order valence-corrected chi connectivity index (χ4v) is 2.47. The molecule has 1 aromatic rings. The van der Waals surface area contributed by atoms with Crippen molar-refractivity contribution >= 4 is 22.3 Å². The van der Waals surface area contributed by atoms with Crippen LogP contribution < -0.4 is 5.73 Å². The molecule has 5 heteroatoms. The van der Waals surface area contributed by atoms with Gasteiger partial charge < -0.3 is 10.5 Å². The lowest BCUT2D eigenvalue weighted by Crippen LogP contribution is -2.04. The van der Waals surface area contributed by atoms with Gasteiger partial charge in [-0.1, -0.05) is 32.6 Å². The van der Waals surface area contributed by atoms with Crippen molar-refractivity contribution in [2.45, 2.75) is 45.4 Å². The highest BCUT2D eigenvalue weighted by Gasteiger charge is 2.16. The molecule has 0 aliphatic carbocycles. The van der Waals surface area contributed by atoms with Crippen LogP contribution in [-0.4, -0.2) is 18.1 Å². The Labute approximate surface area is 106 Å². The van der Waals surface area contributed by atoms with Crippen molar-refractivity contribution in [3.05, 3.63) is 10.7 Å². The molecule has 0 atom stereocenters. The van der Waals surface area contributed by atoms with Crippen LogP contribution in [0.5, 0.6) is 0 Å². The molecule has 0 aliphatic heterocycles. The van der Waals surface area contributed by atoms with E-state index in [4.69, 9.17) is 5.73 Å². The Balaban J connectivity index is 2.42. The number of carbonyl (C=O) groups is 1. The van der Waals surface area contributed by atoms with Crippen LogP contribution in [0.3, 0.4) is 0 Å². The molecule has 0 aromatic carbocycles. The number of nitrogens with two attached hydrogens (primary N) is 1. The molecule has 0 fully saturated rings. The van der Waals surface area contributed by atoms with E-state index in [-0.39, 0.29) is 5.69 Å². The van der Waals surface area contributed by atoms with E-state index in [2.05, 4.69) is 16.6 Å². The maximum atomic E-state index is 11.3. The number of carbonyl (C=O) groups excluding carboxylic acids is 1. The van der Waals surface area contributed by atoms with Gasteiger partial charge in [0.2, 0.25) is 0 Å².